The summed E-state index contributed by atoms with van der Waals surface area (Å²) in [6.07, 6.45) is 5.26. The third kappa shape index (κ3) is 2.25. The number of fused-ring (bicyclic) bond motifs is 1. The van der Waals surface area contributed by atoms with Crippen LogP contribution in [0.3, 0.4) is 0 Å². The van der Waals surface area contributed by atoms with E-state index in [1.54, 1.807) is 0 Å². The summed E-state index contributed by atoms with van der Waals surface area (Å²) < 4.78 is 1.14. The minimum absolute atomic E-state index is 0.648. The van der Waals surface area contributed by atoms with Crippen LogP contribution in [-0.4, -0.2) is 12.0 Å². The predicted octanol–water partition coefficient (Wildman–Crippen LogP) is 5.01. The zero-order valence-electron chi connectivity index (χ0n) is 11.5. The molecule has 19 heavy (non-hydrogen) atoms. The SMILES string of the molecule is CNc1cc(C2CCCC2)nc2c(C)c(Br)ccc12. The molecule has 1 heterocycles. The van der Waals surface area contributed by atoms with Crippen molar-refractivity contribution < 1.29 is 0 Å². The summed E-state index contributed by atoms with van der Waals surface area (Å²) in [6, 6.07) is 6.49. The Morgan fingerprint density at radius 1 is 1.26 bits per heavy atom. The molecule has 1 aromatic carbocycles. The average molecular weight is 319 g/mol. The van der Waals surface area contributed by atoms with E-state index in [-0.39, 0.29) is 0 Å². The number of aromatic nitrogens is 1. The van der Waals surface area contributed by atoms with Crippen molar-refractivity contribution in [1.29, 1.82) is 0 Å². The second-order valence-electron chi connectivity index (χ2n) is 5.39. The van der Waals surface area contributed by atoms with Gasteiger partial charge in [0.05, 0.1) is 5.52 Å². The molecule has 100 valence electrons. The quantitative estimate of drug-likeness (QED) is 0.842. The molecular formula is C16H19BrN2. The number of aryl methyl sites for hydroxylation is 1. The number of nitrogens with zero attached hydrogens (tertiary/aromatic N) is 1. The summed E-state index contributed by atoms with van der Waals surface area (Å²) in [4.78, 5) is 4.96. The molecule has 2 aromatic rings. The van der Waals surface area contributed by atoms with Crippen LogP contribution in [0.25, 0.3) is 10.9 Å². The van der Waals surface area contributed by atoms with Crippen molar-refractivity contribution in [2.45, 2.75) is 38.5 Å². The lowest BCUT2D eigenvalue weighted by Gasteiger charge is -2.15. The topological polar surface area (TPSA) is 24.9 Å². The summed E-state index contributed by atoms with van der Waals surface area (Å²) in [6.45, 7) is 2.14. The van der Waals surface area contributed by atoms with Crippen LogP contribution < -0.4 is 5.32 Å². The van der Waals surface area contributed by atoms with Gasteiger partial charge in [-0.1, -0.05) is 28.8 Å². The van der Waals surface area contributed by atoms with Crippen molar-refractivity contribution in [3.8, 4) is 0 Å². The monoisotopic (exact) mass is 318 g/mol. The Kier molecular flexibility index (Phi) is 3.48. The van der Waals surface area contributed by atoms with Gasteiger partial charge in [0, 0.05) is 34.2 Å². The van der Waals surface area contributed by atoms with Gasteiger partial charge in [-0.2, -0.15) is 0 Å². The van der Waals surface area contributed by atoms with Crippen LogP contribution in [0.5, 0.6) is 0 Å². The van der Waals surface area contributed by atoms with Gasteiger partial charge in [-0.15, -0.1) is 0 Å². The lowest BCUT2D eigenvalue weighted by Crippen LogP contribution is -2.01. The number of anilines is 1. The van der Waals surface area contributed by atoms with Crippen LogP contribution in [0.1, 0.15) is 42.9 Å². The maximum atomic E-state index is 4.96. The molecule has 0 radical (unpaired) electrons. The van der Waals surface area contributed by atoms with Crippen LogP contribution in [0, 0.1) is 6.92 Å². The summed E-state index contributed by atoms with van der Waals surface area (Å²) in [7, 11) is 1.99. The Bertz CT molecular complexity index is 616. The van der Waals surface area contributed by atoms with Gasteiger partial charge in [0.1, 0.15) is 0 Å². The number of benzene rings is 1. The van der Waals surface area contributed by atoms with Crippen molar-refractivity contribution in [3.63, 3.8) is 0 Å². The van der Waals surface area contributed by atoms with Crippen molar-refractivity contribution in [2.75, 3.05) is 12.4 Å². The van der Waals surface area contributed by atoms with Crippen LogP contribution in [0.2, 0.25) is 0 Å². The first-order valence-corrected chi connectivity index (χ1v) is 7.77. The predicted molar refractivity (Wildman–Crippen MR) is 84.9 cm³/mol. The Hall–Kier alpha value is -1.09. The van der Waals surface area contributed by atoms with E-state index < -0.39 is 0 Å². The first-order chi connectivity index (χ1) is 9.20. The molecule has 1 aliphatic carbocycles. The number of hydrogen-bond donors (Lipinski definition) is 1. The standard InChI is InChI=1S/C16H19BrN2/c1-10-13(17)8-7-12-15(18-2)9-14(19-16(10)12)11-5-3-4-6-11/h7-9,11H,3-6H2,1-2H3,(H,18,19). The molecule has 2 nitrogen and oxygen atoms in total. The van der Waals surface area contributed by atoms with Crippen LogP contribution in [0.15, 0.2) is 22.7 Å². The fraction of sp³-hybridized carbons (Fsp3) is 0.438. The van der Waals surface area contributed by atoms with Crippen molar-refractivity contribution in [2.24, 2.45) is 0 Å². The molecule has 0 saturated heterocycles. The molecule has 0 spiro atoms. The minimum Gasteiger partial charge on any atom is -0.388 e. The van der Waals surface area contributed by atoms with Gasteiger partial charge in [-0.05, 0) is 43.5 Å². The highest BCUT2D eigenvalue weighted by molar-refractivity contribution is 9.10. The molecule has 0 atom stereocenters. The van der Waals surface area contributed by atoms with Gasteiger partial charge in [0.2, 0.25) is 0 Å². The van der Waals surface area contributed by atoms with E-state index in [1.807, 2.05) is 7.05 Å². The van der Waals surface area contributed by atoms with E-state index in [2.05, 4.69) is 46.4 Å². The molecule has 1 fully saturated rings. The number of pyridine rings is 1. The number of rotatable bonds is 2. The van der Waals surface area contributed by atoms with E-state index in [9.17, 15) is 0 Å². The largest absolute Gasteiger partial charge is 0.388 e. The molecule has 0 unspecified atom stereocenters. The van der Waals surface area contributed by atoms with Gasteiger partial charge in [-0.3, -0.25) is 4.98 Å². The zero-order chi connectivity index (χ0) is 13.4. The molecule has 1 N–H and O–H groups in total. The number of halogens is 1. The first kappa shape index (κ1) is 12.9. The number of nitrogens with one attached hydrogen (secondary N) is 1. The fourth-order valence-electron chi connectivity index (χ4n) is 3.06. The van der Waals surface area contributed by atoms with Crippen LogP contribution in [-0.2, 0) is 0 Å². The summed E-state index contributed by atoms with van der Waals surface area (Å²) in [5, 5.41) is 4.54. The van der Waals surface area contributed by atoms with E-state index in [4.69, 9.17) is 4.98 Å². The molecule has 0 aliphatic heterocycles. The second kappa shape index (κ2) is 5.12. The van der Waals surface area contributed by atoms with Gasteiger partial charge < -0.3 is 5.32 Å². The molecule has 3 rings (SSSR count). The fourth-order valence-corrected chi connectivity index (χ4v) is 3.38. The third-order valence-electron chi connectivity index (χ3n) is 4.23. The summed E-state index contributed by atoms with van der Waals surface area (Å²) in [5.74, 6) is 0.648. The highest BCUT2D eigenvalue weighted by Gasteiger charge is 2.20. The second-order valence-corrected chi connectivity index (χ2v) is 6.25. The molecule has 1 aliphatic rings. The van der Waals surface area contributed by atoms with E-state index in [0.717, 1.165) is 9.99 Å². The molecule has 1 saturated carbocycles. The Balaban J connectivity index is 2.22. The smallest absolute Gasteiger partial charge is 0.0766 e. The molecule has 1 aromatic heterocycles. The first-order valence-electron chi connectivity index (χ1n) is 6.98. The van der Waals surface area contributed by atoms with Crippen molar-refractivity contribution in [3.05, 3.63) is 33.9 Å². The Morgan fingerprint density at radius 2 is 2.00 bits per heavy atom. The number of hydrogen-bond acceptors (Lipinski definition) is 2. The van der Waals surface area contributed by atoms with Crippen molar-refractivity contribution >= 4 is 32.5 Å². The van der Waals surface area contributed by atoms with E-state index in [1.165, 1.54) is 48.0 Å². The third-order valence-corrected chi connectivity index (χ3v) is 5.09. The molecule has 0 amide bonds. The van der Waals surface area contributed by atoms with Gasteiger partial charge in [0.25, 0.3) is 0 Å². The Labute approximate surface area is 122 Å². The highest BCUT2D eigenvalue weighted by atomic mass is 79.9. The van der Waals surface area contributed by atoms with E-state index >= 15 is 0 Å². The van der Waals surface area contributed by atoms with Crippen LogP contribution >= 0.6 is 15.9 Å². The molecular weight excluding hydrogens is 300 g/mol. The minimum atomic E-state index is 0.648. The normalized spacial score (nSPS) is 16.2. The zero-order valence-corrected chi connectivity index (χ0v) is 13.0. The maximum Gasteiger partial charge on any atom is 0.0766 e. The van der Waals surface area contributed by atoms with Crippen LogP contribution in [0.4, 0.5) is 5.69 Å². The lowest BCUT2D eigenvalue weighted by atomic mass is 10.0. The van der Waals surface area contributed by atoms with Crippen molar-refractivity contribution in [1.82, 2.24) is 4.98 Å². The van der Waals surface area contributed by atoms with Gasteiger partial charge in [-0.25, -0.2) is 0 Å². The average Bonchev–Trinajstić information content (AvgIpc) is 2.96. The van der Waals surface area contributed by atoms with Gasteiger partial charge in [0.15, 0.2) is 0 Å². The summed E-state index contributed by atoms with van der Waals surface area (Å²) in [5.41, 5.74) is 4.81. The maximum absolute atomic E-state index is 4.96. The Morgan fingerprint density at radius 3 is 2.68 bits per heavy atom. The highest BCUT2D eigenvalue weighted by Crippen LogP contribution is 2.37. The van der Waals surface area contributed by atoms with Gasteiger partial charge >= 0.3 is 0 Å². The molecule has 3 heteroatoms. The lowest BCUT2D eigenvalue weighted by molar-refractivity contribution is 0.701. The van der Waals surface area contributed by atoms with E-state index in [0.29, 0.717) is 5.92 Å². The summed E-state index contributed by atoms with van der Waals surface area (Å²) >= 11 is 3.61. The molecule has 0 bridgehead atoms.